The van der Waals surface area contributed by atoms with Crippen LogP contribution in [0.1, 0.15) is 83.1 Å². The van der Waals surface area contributed by atoms with Gasteiger partial charge < -0.3 is 0 Å². The molecule has 0 saturated heterocycles. The lowest BCUT2D eigenvalue weighted by Crippen LogP contribution is -1.74. The van der Waals surface area contributed by atoms with Crippen LogP contribution in [0.5, 0.6) is 0 Å². The molecule has 0 radical (unpaired) electrons. The maximum absolute atomic E-state index is 4.35. The summed E-state index contributed by atoms with van der Waals surface area (Å²) in [4.78, 5) is 52.8. The molecule has 0 aliphatic rings. The molecular weight excluding hydrogens is 1230 g/mol. The van der Waals surface area contributed by atoms with Crippen LogP contribution >= 0.6 is 68.0 Å². The molecule has 0 aliphatic heterocycles. The molecule has 0 fully saturated rings. The zero-order chi connectivity index (χ0) is 64.0. The molecule has 0 unspecified atom stereocenters. The molecule has 0 N–H and O–H groups in total. The van der Waals surface area contributed by atoms with Gasteiger partial charge in [0, 0.05) is 121 Å². The van der Waals surface area contributed by atoms with Crippen LogP contribution in [-0.2, 0) is 0 Å². The third-order valence-electron chi connectivity index (χ3n) is 12.1. The van der Waals surface area contributed by atoms with E-state index in [-0.39, 0.29) is 0 Å². The summed E-state index contributed by atoms with van der Waals surface area (Å²) in [6.45, 7) is 24.0. The van der Waals surface area contributed by atoms with Gasteiger partial charge in [0.2, 0.25) is 0 Å². The van der Waals surface area contributed by atoms with Crippen molar-refractivity contribution in [3.05, 3.63) is 220 Å². The fourth-order valence-corrected chi connectivity index (χ4v) is 14.8. The Morgan fingerprint density at radius 3 is 1.18 bits per heavy atom. The summed E-state index contributed by atoms with van der Waals surface area (Å²) in [6.07, 6.45) is 25.2. The highest BCUT2D eigenvalue weighted by Crippen LogP contribution is 2.35. The molecule has 0 atom stereocenters. The first kappa shape index (κ1) is 68.6. The summed E-state index contributed by atoms with van der Waals surface area (Å²) in [5.74, 6) is 0. The second-order valence-corrected chi connectivity index (χ2v) is 23.3. The highest BCUT2D eigenvalue weighted by atomic mass is 32.1. The number of thiophene rings is 6. The van der Waals surface area contributed by atoms with E-state index in [4.69, 9.17) is 0 Å². The standard InChI is InChI=1S/6C10H6N2S.6C2H6/c1-3-7-9-8(4-2-5-11-9)13-10(7)12-6-1;1-3-7-9(11-5-1)10-8(13-7)4-2-6-12-10;1-2-9-10(12-4-1)7-6-11-5-3-8(7)13-9;1-2-8-10(12-4-1)7-3-5-11-6-9(7)13-8;1-2-4-9-7(3-1)8-5-11-6-12-10(8)13-9;1-2-4-8-7(3-1)10-9(13-8)5-11-6-12-10;6*1-2/h6*1-6H;6*1-2H3. The van der Waals surface area contributed by atoms with Gasteiger partial charge in [0.25, 0.3) is 0 Å². The number of aromatic nitrogens is 12. The van der Waals surface area contributed by atoms with Crippen molar-refractivity contribution in [3.63, 3.8) is 0 Å². The first-order valence-corrected chi connectivity index (χ1v) is 35.1. The van der Waals surface area contributed by atoms with Crippen molar-refractivity contribution in [1.29, 1.82) is 0 Å². The van der Waals surface area contributed by atoms with Crippen LogP contribution < -0.4 is 0 Å². The van der Waals surface area contributed by atoms with Gasteiger partial charge in [-0.05, 0) is 97.1 Å². The van der Waals surface area contributed by atoms with Crippen LogP contribution in [0.3, 0.4) is 0 Å². The van der Waals surface area contributed by atoms with Crippen molar-refractivity contribution >= 4 is 190 Å². The van der Waals surface area contributed by atoms with Gasteiger partial charge in [-0.3, -0.25) is 34.9 Å². The summed E-state index contributed by atoms with van der Waals surface area (Å²) in [5, 5.41) is 7.15. The van der Waals surface area contributed by atoms with Gasteiger partial charge in [-0.2, -0.15) is 0 Å². The summed E-state index contributed by atoms with van der Waals surface area (Å²) in [5.41, 5.74) is 6.32. The zero-order valence-electron chi connectivity index (χ0n) is 52.6. The Morgan fingerprint density at radius 1 is 0.200 bits per heavy atom. The second-order valence-electron chi connectivity index (χ2n) is 16.9. The largest absolute Gasteiger partial charge is 0.264 e. The normalized spacial score (nSPS) is 10.0. The van der Waals surface area contributed by atoms with Crippen LogP contribution in [0.25, 0.3) is 122 Å². The predicted octanol–water partition coefficient (Wildman–Crippen LogP) is 23.2. The number of nitrogens with zero attached hydrogens (tertiary/aromatic N) is 12. The van der Waals surface area contributed by atoms with Crippen molar-refractivity contribution in [2.75, 3.05) is 0 Å². The van der Waals surface area contributed by atoms with E-state index >= 15 is 0 Å². The van der Waals surface area contributed by atoms with Crippen molar-refractivity contribution in [1.82, 2.24) is 59.8 Å². The smallest absolute Gasteiger partial charge is 0.127 e. The van der Waals surface area contributed by atoms with E-state index in [9.17, 15) is 0 Å². The van der Waals surface area contributed by atoms with E-state index in [2.05, 4.69) is 120 Å². The average Bonchev–Trinajstić information content (AvgIpc) is 2.01. The van der Waals surface area contributed by atoms with Crippen molar-refractivity contribution in [3.8, 4) is 0 Å². The Morgan fingerprint density at radius 2 is 0.544 bits per heavy atom. The molecule has 90 heavy (non-hydrogen) atoms. The van der Waals surface area contributed by atoms with Crippen molar-refractivity contribution < 1.29 is 0 Å². The highest BCUT2D eigenvalue weighted by molar-refractivity contribution is 7.27. The monoisotopic (exact) mass is 1300 g/mol. The Kier molecular flexibility index (Phi) is 27.9. The van der Waals surface area contributed by atoms with Crippen LogP contribution in [0.15, 0.2) is 220 Å². The molecule has 18 aromatic rings. The highest BCUT2D eigenvalue weighted by Gasteiger charge is 2.09. The predicted molar refractivity (Wildman–Crippen MR) is 398 cm³/mol. The second kappa shape index (κ2) is 36.6. The summed E-state index contributed by atoms with van der Waals surface area (Å²) < 4.78 is 12.2. The number of rotatable bonds is 0. The van der Waals surface area contributed by atoms with Gasteiger partial charge >= 0.3 is 0 Å². The van der Waals surface area contributed by atoms with E-state index in [1.165, 1.54) is 58.5 Å². The fraction of sp³-hybridized carbons (Fsp3) is 0.167. The molecule has 18 heteroatoms. The zero-order valence-corrected chi connectivity index (χ0v) is 57.5. The maximum Gasteiger partial charge on any atom is 0.127 e. The molecule has 16 aromatic heterocycles. The SMILES string of the molecule is CC.CC.CC.CC.CC.CC.c1ccc2c(c1)sc1cncnc12.c1ccc2c(c1)sc1ncncc12.c1cnc2c(c1)sc1cccnc12.c1cnc2c(c1)sc1ccncc12.c1cnc2c(c1)sc1cnccc12.c1cnc2c(c1)sc1ncccc12. The van der Waals surface area contributed by atoms with E-state index < -0.39 is 0 Å². The van der Waals surface area contributed by atoms with Crippen LogP contribution in [0.2, 0.25) is 0 Å². The summed E-state index contributed by atoms with van der Waals surface area (Å²) in [7, 11) is 0. The number of hydrogen-bond acceptors (Lipinski definition) is 18. The molecule has 2 aromatic carbocycles. The van der Waals surface area contributed by atoms with Gasteiger partial charge in [0.1, 0.15) is 33.3 Å². The molecule has 456 valence electrons. The van der Waals surface area contributed by atoms with Crippen LogP contribution in [-0.4, -0.2) is 59.8 Å². The van der Waals surface area contributed by atoms with Gasteiger partial charge in [-0.25, -0.2) is 24.9 Å². The van der Waals surface area contributed by atoms with Crippen LogP contribution in [0, 0.1) is 0 Å². The lowest BCUT2D eigenvalue weighted by Gasteiger charge is -1.87. The molecular formula is C72H72N12S6. The van der Waals surface area contributed by atoms with Gasteiger partial charge in [0.05, 0.1) is 55.0 Å². The average molecular weight is 1300 g/mol. The minimum Gasteiger partial charge on any atom is -0.264 e. The Hall–Kier alpha value is -8.88. The summed E-state index contributed by atoms with van der Waals surface area (Å²) in [6, 6.07) is 44.9. The number of hydrogen-bond donors (Lipinski definition) is 0. The molecule has 0 spiro atoms. The lowest BCUT2D eigenvalue weighted by atomic mass is 10.2. The van der Waals surface area contributed by atoms with E-state index in [0.717, 1.165) is 63.6 Å². The maximum atomic E-state index is 4.35. The van der Waals surface area contributed by atoms with Crippen molar-refractivity contribution in [2.45, 2.75) is 83.1 Å². The Labute approximate surface area is 549 Å². The molecule has 0 amide bonds. The van der Waals surface area contributed by atoms with E-state index in [1.54, 1.807) is 80.7 Å². The third-order valence-corrected chi connectivity index (χ3v) is 18.7. The molecule has 0 saturated carbocycles. The number of pyridine rings is 8. The van der Waals surface area contributed by atoms with Crippen molar-refractivity contribution in [2.24, 2.45) is 0 Å². The molecule has 16 heterocycles. The fourth-order valence-electron chi connectivity index (χ4n) is 8.67. The van der Waals surface area contributed by atoms with Gasteiger partial charge in [-0.15, -0.1) is 68.0 Å². The van der Waals surface area contributed by atoms with Crippen LogP contribution in [0.4, 0.5) is 0 Å². The lowest BCUT2D eigenvalue weighted by molar-refractivity contribution is 1.23. The third kappa shape index (κ3) is 16.5. The number of benzene rings is 2. The first-order valence-electron chi connectivity index (χ1n) is 30.2. The minimum absolute atomic E-state index is 1.02. The van der Waals surface area contributed by atoms with E-state index in [0.29, 0.717) is 0 Å². The molecule has 12 nitrogen and oxygen atoms in total. The Balaban J connectivity index is 0.000000148. The molecule has 0 aliphatic carbocycles. The number of fused-ring (bicyclic) bond motifs is 18. The van der Waals surface area contributed by atoms with Gasteiger partial charge in [0.15, 0.2) is 0 Å². The molecule has 0 bridgehead atoms. The minimum atomic E-state index is 1.02. The van der Waals surface area contributed by atoms with Gasteiger partial charge in [-0.1, -0.05) is 119 Å². The quantitative estimate of drug-likeness (QED) is 0.142. The van der Waals surface area contributed by atoms with E-state index in [1.807, 2.05) is 230 Å². The molecule has 18 rings (SSSR count). The summed E-state index contributed by atoms with van der Waals surface area (Å²) >= 11 is 10.4. The Bertz CT molecular complexity index is 3950. The topological polar surface area (TPSA) is 155 Å². The first-order chi connectivity index (χ1) is 44.7.